The van der Waals surface area contributed by atoms with Gasteiger partial charge in [-0.1, -0.05) is 53.6 Å². The van der Waals surface area contributed by atoms with Gasteiger partial charge in [0, 0.05) is 16.1 Å². The molecule has 29 heavy (non-hydrogen) atoms. The minimum atomic E-state index is -0.309. The van der Waals surface area contributed by atoms with Crippen molar-refractivity contribution in [2.45, 2.75) is 19.5 Å². The Hall–Kier alpha value is -3.31. The van der Waals surface area contributed by atoms with Gasteiger partial charge in [0.25, 0.3) is 5.91 Å². The number of aromatic nitrogens is 2. The topological polar surface area (TPSA) is 62.1 Å². The van der Waals surface area contributed by atoms with Crippen molar-refractivity contribution < 1.29 is 9.21 Å². The number of nitrogens with zero attached hydrogens (tertiary/aromatic N) is 2. The van der Waals surface area contributed by atoms with E-state index < -0.39 is 0 Å². The maximum atomic E-state index is 13.3. The van der Waals surface area contributed by atoms with E-state index in [1.807, 2.05) is 67.6 Å². The number of nitrogens with one attached hydrogen (secondary N) is 1. The molecule has 0 saturated heterocycles. The van der Waals surface area contributed by atoms with Crippen LogP contribution in [0.5, 0.6) is 0 Å². The molecule has 1 N–H and O–H groups in total. The number of amides is 1. The fraction of sp³-hybridized carbons (Fsp3) is 0.130. The molecule has 3 heterocycles. The summed E-state index contributed by atoms with van der Waals surface area (Å²) < 4.78 is 5.51. The average molecular weight is 404 g/mol. The molecule has 1 atom stereocenters. The summed E-state index contributed by atoms with van der Waals surface area (Å²) in [5.74, 6) is 0.618. The number of halogens is 1. The van der Waals surface area contributed by atoms with Crippen LogP contribution in [0.25, 0.3) is 11.3 Å². The van der Waals surface area contributed by atoms with E-state index in [0.717, 1.165) is 28.1 Å². The molecule has 5 nitrogen and oxygen atoms in total. The lowest BCUT2D eigenvalue weighted by molar-refractivity contribution is 0.0717. The van der Waals surface area contributed by atoms with E-state index in [9.17, 15) is 4.79 Å². The van der Waals surface area contributed by atoms with Crippen LogP contribution in [0, 0.1) is 6.92 Å². The molecule has 5 rings (SSSR count). The van der Waals surface area contributed by atoms with Gasteiger partial charge in [-0.3, -0.25) is 9.89 Å². The largest absolute Gasteiger partial charge is 0.467 e. The summed E-state index contributed by atoms with van der Waals surface area (Å²) in [5, 5.41) is 8.08. The van der Waals surface area contributed by atoms with Crippen molar-refractivity contribution in [3.05, 3.63) is 100 Å². The molecule has 1 aliphatic rings. The lowest BCUT2D eigenvalue weighted by Crippen LogP contribution is -2.29. The van der Waals surface area contributed by atoms with Gasteiger partial charge in [-0.15, -0.1) is 0 Å². The first-order valence-corrected chi connectivity index (χ1v) is 9.74. The molecule has 0 radical (unpaired) electrons. The summed E-state index contributed by atoms with van der Waals surface area (Å²) in [7, 11) is 0. The van der Waals surface area contributed by atoms with Gasteiger partial charge < -0.3 is 9.32 Å². The number of aromatic amines is 1. The molecule has 0 bridgehead atoms. The lowest BCUT2D eigenvalue weighted by atomic mass is 9.96. The zero-order chi connectivity index (χ0) is 20.0. The summed E-state index contributed by atoms with van der Waals surface area (Å²) in [6.45, 7) is 2.40. The van der Waals surface area contributed by atoms with Crippen molar-refractivity contribution in [3.63, 3.8) is 0 Å². The number of fused-ring (bicyclic) bond motifs is 1. The normalized spacial score (nSPS) is 15.7. The Balaban J connectivity index is 1.67. The van der Waals surface area contributed by atoms with Gasteiger partial charge in [0.05, 0.1) is 24.5 Å². The standard InChI is InChI=1S/C23H18ClN3O2/c1-14-7-9-15(10-8-14)20-19-21(26-25-20)23(28)27(13-18-6-3-11-29-18)22(19)16-4-2-5-17(24)12-16/h2-12,22H,13H2,1H3,(H,25,26). The van der Waals surface area contributed by atoms with Crippen LogP contribution in [0.1, 0.15) is 39.0 Å². The van der Waals surface area contributed by atoms with E-state index >= 15 is 0 Å². The zero-order valence-corrected chi connectivity index (χ0v) is 16.5. The van der Waals surface area contributed by atoms with Crippen LogP contribution >= 0.6 is 11.6 Å². The third kappa shape index (κ3) is 3.04. The summed E-state index contributed by atoms with van der Waals surface area (Å²) in [6, 6.07) is 19.1. The van der Waals surface area contributed by atoms with Crippen molar-refractivity contribution in [2.75, 3.05) is 0 Å². The Morgan fingerprint density at radius 2 is 1.97 bits per heavy atom. The van der Waals surface area contributed by atoms with Crippen molar-refractivity contribution in [1.82, 2.24) is 15.1 Å². The molecular formula is C23H18ClN3O2. The van der Waals surface area contributed by atoms with Crippen LogP contribution in [0.15, 0.2) is 71.3 Å². The number of carbonyl (C=O) groups excluding carboxylic acids is 1. The van der Waals surface area contributed by atoms with Crippen LogP contribution in [-0.4, -0.2) is 21.0 Å². The van der Waals surface area contributed by atoms with Crippen molar-refractivity contribution in [2.24, 2.45) is 0 Å². The molecular weight excluding hydrogens is 386 g/mol. The molecule has 144 valence electrons. The number of hydrogen-bond donors (Lipinski definition) is 1. The van der Waals surface area contributed by atoms with E-state index in [4.69, 9.17) is 16.0 Å². The Morgan fingerprint density at radius 3 is 2.69 bits per heavy atom. The maximum absolute atomic E-state index is 13.3. The molecule has 1 aliphatic heterocycles. The summed E-state index contributed by atoms with van der Waals surface area (Å²) >= 11 is 6.28. The maximum Gasteiger partial charge on any atom is 0.273 e. The van der Waals surface area contributed by atoms with Crippen LogP contribution in [0.2, 0.25) is 5.02 Å². The number of benzene rings is 2. The fourth-order valence-corrected chi connectivity index (χ4v) is 4.08. The van der Waals surface area contributed by atoms with Gasteiger partial charge in [-0.25, -0.2) is 0 Å². The number of furan rings is 1. The van der Waals surface area contributed by atoms with Gasteiger partial charge in [0.2, 0.25) is 0 Å². The molecule has 0 fully saturated rings. The SMILES string of the molecule is Cc1ccc(-c2n[nH]c3c2C(c2cccc(Cl)c2)N(Cc2ccco2)C3=O)cc1. The molecule has 0 saturated carbocycles. The number of hydrogen-bond acceptors (Lipinski definition) is 3. The van der Waals surface area contributed by atoms with E-state index in [0.29, 0.717) is 17.3 Å². The minimum absolute atomic E-state index is 0.104. The average Bonchev–Trinajstić information content (AvgIpc) is 3.43. The number of H-pyrrole nitrogens is 1. The Labute approximate surface area is 172 Å². The molecule has 1 unspecified atom stereocenters. The predicted molar refractivity (Wildman–Crippen MR) is 111 cm³/mol. The van der Waals surface area contributed by atoms with Crippen LogP contribution in [0.4, 0.5) is 0 Å². The molecule has 0 aliphatic carbocycles. The first-order chi connectivity index (χ1) is 14.1. The number of aryl methyl sites for hydroxylation is 1. The Kier molecular flexibility index (Phi) is 4.25. The third-order valence-corrected chi connectivity index (χ3v) is 5.49. The lowest BCUT2D eigenvalue weighted by Gasteiger charge is -2.25. The molecule has 6 heteroatoms. The van der Waals surface area contributed by atoms with Crippen LogP contribution in [0.3, 0.4) is 0 Å². The van der Waals surface area contributed by atoms with Gasteiger partial charge in [0.1, 0.15) is 11.5 Å². The highest BCUT2D eigenvalue weighted by atomic mass is 35.5. The second kappa shape index (κ2) is 6.94. The van der Waals surface area contributed by atoms with Crippen molar-refractivity contribution >= 4 is 17.5 Å². The summed E-state index contributed by atoms with van der Waals surface area (Å²) in [5.41, 5.74) is 5.23. The molecule has 1 amide bonds. The molecule has 0 spiro atoms. The minimum Gasteiger partial charge on any atom is -0.467 e. The van der Waals surface area contributed by atoms with Crippen LogP contribution < -0.4 is 0 Å². The van der Waals surface area contributed by atoms with Gasteiger partial charge in [-0.2, -0.15) is 5.10 Å². The zero-order valence-electron chi connectivity index (χ0n) is 15.7. The number of carbonyl (C=O) groups is 1. The highest BCUT2D eigenvalue weighted by molar-refractivity contribution is 6.30. The summed E-state index contributed by atoms with van der Waals surface area (Å²) in [4.78, 5) is 15.1. The second-order valence-electron chi connectivity index (χ2n) is 7.20. The predicted octanol–water partition coefficient (Wildman–Crippen LogP) is 5.38. The highest BCUT2D eigenvalue weighted by Crippen LogP contribution is 2.43. The highest BCUT2D eigenvalue weighted by Gasteiger charge is 2.42. The molecule has 4 aromatic rings. The Morgan fingerprint density at radius 1 is 1.14 bits per heavy atom. The fourth-order valence-electron chi connectivity index (χ4n) is 3.88. The van der Waals surface area contributed by atoms with Gasteiger partial charge in [-0.05, 0) is 36.8 Å². The Bertz CT molecular complexity index is 1180. The smallest absolute Gasteiger partial charge is 0.273 e. The van der Waals surface area contributed by atoms with Gasteiger partial charge >= 0.3 is 0 Å². The molecule has 2 aromatic carbocycles. The molecule has 2 aromatic heterocycles. The van der Waals surface area contributed by atoms with Crippen molar-refractivity contribution in [3.8, 4) is 11.3 Å². The van der Waals surface area contributed by atoms with E-state index in [1.165, 1.54) is 5.56 Å². The quantitative estimate of drug-likeness (QED) is 0.497. The number of rotatable bonds is 4. The van der Waals surface area contributed by atoms with Crippen molar-refractivity contribution in [1.29, 1.82) is 0 Å². The van der Waals surface area contributed by atoms with E-state index in [-0.39, 0.29) is 11.9 Å². The van der Waals surface area contributed by atoms with Crippen LogP contribution in [-0.2, 0) is 6.54 Å². The summed E-state index contributed by atoms with van der Waals surface area (Å²) in [6.07, 6.45) is 1.61. The second-order valence-corrected chi connectivity index (χ2v) is 7.63. The van der Waals surface area contributed by atoms with Gasteiger partial charge in [0.15, 0.2) is 0 Å². The third-order valence-electron chi connectivity index (χ3n) is 5.26. The first-order valence-electron chi connectivity index (χ1n) is 9.36. The van der Waals surface area contributed by atoms with E-state index in [2.05, 4.69) is 10.2 Å². The first kappa shape index (κ1) is 17.8. The monoisotopic (exact) mass is 403 g/mol. The van der Waals surface area contributed by atoms with E-state index in [1.54, 1.807) is 11.2 Å².